The molecule has 0 unspecified atom stereocenters. The fraction of sp³-hybridized carbons (Fsp3) is 0.0833. The lowest BCUT2D eigenvalue weighted by Crippen LogP contribution is -2.28. The van der Waals surface area contributed by atoms with E-state index in [1.54, 1.807) is 42.5 Å². The van der Waals surface area contributed by atoms with E-state index in [0.29, 0.717) is 5.56 Å². The van der Waals surface area contributed by atoms with Crippen molar-refractivity contribution in [2.45, 2.75) is 12.7 Å². The molecule has 4 aromatic rings. The molecular formula is C24H15F3N2O. The van der Waals surface area contributed by atoms with Gasteiger partial charge in [0.2, 0.25) is 0 Å². The molecule has 1 aromatic heterocycles. The van der Waals surface area contributed by atoms with Crippen molar-refractivity contribution in [1.82, 2.24) is 4.57 Å². The Morgan fingerprint density at radius 2 is 1.53 bits per heavy atom. The second kappa shape index (κ2) is 7.53. The number of fused-ring (bicyclic) bond motifs is 1. The Labute approximate surface area is 170 Å². The summed E-state index contributed by atoms with van der Waals surface area (Å²) in [6.45, 7) is 0.0502. The minimum absolute atomic E-state index is 0.0502. The van der Waals surface area contributed by atoms with E-state index in [-0.39, 0.29) is 12.2 Å². The number of nitrogens with zero attached hydrogens (tertiary/aromatic N) is 2. The van der Waals surface area contributed by atoms with Gasteiger partial charge in [0.15, 0.2) is 0 Å². The molecule has 0 atom stereocenters. The maximum Gasteiger partial charge on any atom is 0.417 e. The highest BCUT2D eigenvalue weighted by Crippen LogP contribution is 2.34. The van der Waals surface area contributed by atoms with Gasteiger partial charge in [-0.2, -0.15) is 18.4 Å². The summed E-state index contributed by atoms with van der Waals surface area (Å²) in [5.74, 6) is 0. The van der Waals surface area contributed by atoms with Crippen molar-refractivity contribution in [2.24, 2.45) is 0 Å². The Balaban J connectivity index is 2.02. The van der Waals surface area contributed by atoms with E-state index in [4.69, 9.17) is 0 Å². The number of halogens is 3. The van der Waals surface area contributed by atoms with Gasteiger partial charge in [-0.05, 0) is 34.0 Å². The van der Waals surface area contributed by atoms with Crippen LogP contribution in [0.2, 0.25) is 0 Å². The molecule has 0 saturated heterocycles. The highest BCUT2D eigenvalue weighted by molar-refractivity contribution is 5.87. The number of aromatic nitrogens is 1. The minimum atomic E-state index is -4.82. The van der Waals surface area contributed by atoms with Crippen molar-refractivity contribution < 1.29 is 13.2 Å². The van der Waals surface area contributed by atoms with Gasteiger partial charge >= 0.3 is 6.18 Å². The van der Waals surface area contributed by atoms with Crippen molar-refractivity contribution in [2.75, 3.05) is 0 Å². The number of pyridine rings is 1. The average Bonchev–Trinajstić information content (AvgIpc) is 2.74. The van der Waals surface area contributed by atoms with Gasteiger partial charge in [-0.15, -0.1) is 0 Å². The number of nitriles is 1. The molecule has 0 aliphatic rings. The van der Waals surface area contributed by atoms with E-state index in [0.717, 1.165) is 22.4 Å². The zero-order chi connectivity index (χ0) is 21.3. The Kier molecular flexibility index (Phi) is 4.88. The molecule has 0 fully saturated rings. The number of hydrogen-bond acceptors (Lipinski definition) is 2. The Morgan fingerprint density at radius 3 is 2.20 bits per heavy atom. The van der Waals surface area contributed by atoms with E-state index in [1.807, 2.05) is 30.3 Å². The Morgan fingerprint density at radius 1 is 0.867 bits per heavy atom. The molecule has 0 amide bonds. The van der Waals surface area contributed by atoms with Crippen LogP contribution in [0.4, 0.5) is 13.2 Å². The summed E-state index contributed by atoms with van der Waals surface area (Å²) in [4.78, 5) is 13.0. The maximum absolute atomic E-state index is 13.6. The van der Waals surface area contributed by atoms with E-state index >= 15 is 0 Å². The first-order valence-corrected chi connectivity index (χ1v) is 9.17. The van der Waals surface area contributed by atoms with Crippen LogP contribution in [-0.4, -0.2) is 4.57 Å². The van der Waals surface area contributed by atoms with Crippen molar-refractivity contribution in [3.63, 3.8) is 0 Å². The zero-order valence-electron chi connectivity index (χ0n) is 15.6. The van der Waals surface area contributed by atoms with E-state index in [2.05, 4.69) is 0 Å². The topological polar surface area (TPSA) is 45.8 Å². The van der Waals surface area contributed by atoms with Crippen LogP contribution >= 0.6 is 0 Å². The minimum Gasteiger partial charge on any atom is -0.303 e. The van der Waals surface area contributed by atoms with Crippen molar-refractivity contribution in [3.05, 3.63) is 106 Å². The molecule has 4 rings (SSSR count). The summed E-state index contributed by atoms with van der Waals surface area (Å²) in [6.07, 6.45) is -4.82. The third-order valence-corrected chi connectivity index (χ3v) is 4.95. The largest absolute Gasteiger partial charge is 0.417 e. The zero-order valence-corrected chi connectivity index (χ0v) is 15.6. The molecule has 3 nitrogen and oxygen atoms in total. The van der Waals surface area contributed by atoms with Gasteiger partial charge in [-0.3, -0.25) is 4.79 Å². The molecule has 30 heavy (non-hydrogen) atoms. The standard InChI is InChI=1S/C24H15F3N2O/c25-24(26,27)21-13-22(19-11-10-17-8-4-5-9-18(17)12-19)29(23(30)20(21)14-28)15-16-6-2-1-3-7-16/h1-13H,15H2. The predicted octanol–water partition coefficient (Wildman–Crippen LogP) is 5.61. The molecular weight excluding hydrogens is 389 g/mol. The first-order valence-electron chi connectivity index (χ1n) is 9.17. The molecule has 0 N–H and O–H groups in total. The van der Waals surface area contributed by atoms with Crippen LogP contribution in [0.1, 0.15) is 16.7 Å². The van der Waals surface area contributed by atoms with Crippen LogP contribution in [0.25, 0.3) is 22.0 Å². The molecule has 1 heterocycles. The first-order chi connectivity index (χ1) is 14.4. The van der Waals surface area contributed by atoms with E-state index in [1.165, 1.54) is 10.6 Å². The third-order valence-electron chi connectivity index (χ3n) is 4.95. The SMILES string of the molecule is N#Cc1c(C(F)(F)F)cc(-c2ccc3ccccc3c2)n(Cc2ccccc2)c1=O. The van der Waals surface area contributed by atoms with Crippen LogP contribution in [0, 0.1) is 11.3 Å². The highest BCUT2D eigenvalue weighted by Gasteiger charge is 2.36. The quantitative estimate of drug-likeness (QED) is 0.446. The van der Waals surface area contributed by atoms with Gasteiger partial charge in [0.1, 0.15) is 11.6 Å². The van der Waals surface area contributed by atoms with Gasteiger partial charge in [0.05, 0.1) is 17.8 Å². The molecule has 148 valence electrons. The summed E-state index contributed by atoms with van der Waals surface area (Å²) < 4.78 is 42.1. The third kappa shape index (κ3) is 3.58. The van der Waals surface area contributed by atoms with Gasteiger partial charge in [-0.25, -0.2) is 0 Å². The summed E-state index contributed by atoms with van der Waals surface area (Å²) in [7, 11) is 0. The number of benzene rings is 3. The van der Waals surface area contributed by atoms with E-state index in [9.17, 15) is 23.2 Å². The van der Waals surface area contributed by atoms with Gasteiger partial charge in [-0.1, -0.05) is 66.7 Å². The molecule has 0 saturated carbocycles. The molecule has 6 heteroatoms. The fourth-order valence-electron chi connectivity index (χ4n) is 3.49. The van der Waals surface area contributed by atoms with Gasteiger partial charge in [0.25, 0.3) is 5.56 Å². The Bertz CT molecular complexity index is 1330. The highest BCUT2D eigenvalue weighted by atomic mass is 19.4. The van der Waals surface area contributed by atoms with Crippen molar-refractivity contribution in [1.29, 1.82) is 5.26 Å². The second-order valence-corrected chi connectivity index (χ2v) is 6.87. The molecule has 0 bridgehead atoms. The summed E-state index contributed by atoms with van der Waals surface area (Å²) in [5, 5.41) is 11.1. The summed E-state index contributed by atoms with van der Waals surface area (Å²) >= 11 is 0. The fourth-order valence-corrected chi connectivity index (χ4v) is 3.49. The van der Waals surface area contributed by atoms with Crippen molar-refractivity contribution in [3.8, 4) is 17.3 Å². The number of hydrogen-bond donors (Lipinski definition) is 0. The van der Waals surface area contributed by atoms with Crippen molar-refractivity contribution >= 4 is 10.8 Å². The number of rotatable bonds is 3. The van der Waals surface area contributed by atoms with Crippen LogP contribution in [0.15, 0.2) is 83.7 Å². The van der Waals surface area contributed by atoms with Crippen LogP contribution in [0.5, 0.6) is 0 Å². The molecule has 0 aliphatic carbocycles. The van der Waals surface area contributed by atoms with Crippen LogP contribution < -0.4 is 5.56 Å². The van der Waals surface area contributed by atoms with E-state index < -0.39 is 22.9 Å². The second-order valence-electron chi connectivity index (χ2n) is 6.87. The number of alkyl halides is 3. The lowest BCUT2D eigenvalue weighted by Gasteiger charge is -2.18. The lowest BCUT2D eigenvalue weighted by molar-refractivity contribution is -0.137. The summed E-state index contributed by atoms with van der Waals surface area (Å²) in [5.41, 5.74) is -1.76. The lowest BCUT2D eigenvalue weighted by atomic mass is 10.0. The van der Waals surface area contributed by atoms with Gasteiger partial charge < -0.3 is 4.57 Å². The molecule has 0 spiro atoms. The van der Waals surface area contributed by atoms with Crippen LogP contribution in [0.3, 0.4) is 0 Å². The van der Waals surface area contributed by atoms with Gasteiger partial charge in [0, 0.05) is 0 Å². The molecule has 3 aromatic carbocycles. The Hall–Kier alpha value is -3.85. The summed E-state index contributed by atoms with van der Waals surface area (Å²) in [6, 6.07) is 24.0. The smallest absolute Gasteiger partial charge is 0.303 e. The molecule has 0 aliphatic heterocycles. The normalized spacial score (nSPS) is 11.4. The first kappa shape index (κ1) is 19.5. The average molecular weight is 404 g/mol. The molecule has 0 radical (unpaired) electrons. The predicted molar refractivity (Wildman–Crippen MR) is 109 cm³/mol. The maximum atomic E-state index is 13.6. The monoisotopic (exact) mass is 404 g/mol. The van der Waals surface area contributed by atoms with Crippen LogP contribution in [-0.2, 0) is 12.7 Å².